The molecule has 0 amide bonds. The number of carbonyl (C=O) groups is 4. The summed E-state index contributed by atoms with van der Waals surface area (Å²) in [6.45, 7) is 4.64. The number of carboxylic acid groups (broad SMARTS) is 3. The Balaban J connectivity index is 2.19. The summed E-state index contributed by atoms with van der Waals surface area (Å²) in [6.07, 6.45) is 5.27. The Morgan fingerprint density at radius 2 is 1.22 bits per heavy atom. The van der Waals surface area contributed by atoms with E-state index >= 15 is 0 Å². The molecule has 0 saturated carbocycles. The van der Waals surface area contributed by atoms with E-state index in [0.29, 0.717) is 70.2 Å². The van der Waals surface area contributed by atoms with E-state index in [4.69, 9.17) is 4.74 Å². The van der Waals surface area contributed by atoms with Gasteiger partial charge in [-0.05, 0) is 6.42 Å². The smallest absolute Gasteiger partial charge is 0.338 e. The van der Waals surface area contributed by atoms with E-state index in [9.17, 15) is 39.7 Å². The van der Waals surface area contributed by atoms with Gasteiger partial charge in [-0.2, -0.15) is 0 Å². The van der Waals surface area contributed by atoms with Gasteiger partial charge in [0.1, 0.15) is 0 Å². The van der Waals surface area contributed by atoms with Gasteiger partial charge >= 0.3 is 23.9 Å². The molecule has 0 bridgehead atoms. The van der Waals surface area contributed by atoms with Crippen molar-refractivity contribution >= 4 is 23.9 Å². The van der Waals surface area contributed by atoms with Gasteiger partial charge in [-0.15, -0.1) is 0 Å². The molecule has 230 valence electrons. The standard InChI is InChI=1S/C27H43N5O9/c1-2-3-4-5-16-41-27(39)22-6-7-32(40)23(17-22)18-28-8-10-29(19-24(33)34)12-14-31(21-26(37)38)15-13-30(11-9-28)20-25(35)36/h6-7,17H,2-5,8-16,18-21H2,1H3,(H3-,33,34,35,36,37,38,39,40)/p+1. The Labute approximate surface area is 240 Å². The number of pyridine rings is 1. The van der Waals surface area contributed by atoms with Crippen LogP contribution in [0.25, 0.3) is 0 Å². The third-order valence-corrected chi connectivity index (χ3v) is 6.87. The fraction of sp³-hybridized carbons (Fsp3) is 0.667. The van der Waals surface area contributed by atoms with Crippen LogP contribution in [0, 0.1) is 0 Å². The number of aromatic nitrogens is 1. The zero-order valence-corrected chi connectivity index (χ0v) is 23.8. The summed E-state index contributed by atoms with van der Waals surface area (Å²) in [4.78, 5) is 54.0. The van der Waals surface area contributed by atoms with Crippen molar-refractivity contribution in [2.75, 3.05) is 78.6 Å². The number of esters is 1. The molecule has 0 radical (unpaired) electrons. The minimum atomic E-state index is -1.02. The van der Waals surface area contributed by atoms with Crippen molar-refractivity contribution in [3.63, 3.8) is 0 Å². The maximum atomic E-state index is 12.6. The Hall–Kier alpha value is -3.33. The fourth-order valence-electron chi connectivity index (χ4n) is 4.58. The molecule has 0 unspecified atom stereocenters. The lowest BCUT2D eigenvalue weighted by Crippen LogP contribution is -2.49. The van der Waals surface area contributed by atoms with E-state index in [0.717, 1.165) is 30.4 Å². The van der Waals surface area contributed by atoms with E-state index in [1.165, 1.54) is 12.3 Å². The van der Waals surface area contributed by atoms with Crippen LogP contribution in [-0.4, -0.2) is 143 Å². The van der Waals surface area contributed by atoms with Gasteiger partial charge in [-0.25, -0.2) is 4.79 Å². The molecule has 0 spiro atoms. The normalized spacial score (nSPS) is 16.9. The largest absolute Gasteiger partial charge is 0.480 e. The summed E-state index contributed by atoms with van der Waals surface area (Å²) in [7, 11) is 0. The summed E-state index contributed by atoms with van der Waals surface area (Å²) in [5.74, 6) is -3.51. The minimum Gasteiger partial charge on any atom is -0.480 e. The lowest BCUT2D eigenvalue weighted by Gasteiger charge is -2.32. The SMILES string of the molecule is CCCCCCOC(=O)c1cc[n+](O)c(CN2CCN(CC(=O)O)CCN(CC(=O)O)CCN(CC(=O)O)CC2)c1. The molecule has 2 rings (SSSR count). The van der Waals surface area contributed by atoms with Crippen LogP contribution in [0.3, 0.4) is 0 Å². The van der Waals surface area contributed by atoms with Gasteiger partial charge in [0, 0.05) is 69.2 Å². The van der Waals surface area contributed by atoms with Gasteiger partial charge in [0.25, 0.3) is 0 Å². The van der Waals surface area contributed by atoms with Crippen LogP contribution >= 0.6 is 0 Å². The van der Waals surface area contributed by atoms with Crippen LogP contribution in [0.2, 0.25) is 0 Å². The first-order valence-corrected chi connectivity index (χ1v) is 14.0. The summed E-state index contributed by atoms with van der Waals surface area (Å²) < 4.78 is 6.30. The molecule has 1 aliphatic rings. The molecular formula is C27H44N5O9+. The van der Waals surface area contributed by atoms with Crippen molar-refractivity contribution in [2.24, 2.45) is 0 Å². The average Bonchev–Trinajstić information content (AvgIpc) is 2.90. The first-order valence-electron chi connectivity index (χ1n) is 14.0. The monoisotopic (exact) mass is 582 g/mol. The highest BCUT2D eigenvalue weighted by Gasteiger charge is 2.23. The van der Waals surface area contributed by atoms with E-state index in [1.54, 1.807) is 20.8 Å². The zero-order valence-electron chi connectivity index (χ0n) is 23.8. The first kappa shape index (κ1) is 33.9. The van der Waals surface area contributed by atoms with Crippen molar-refractivity contribution in [1.29, 1.82) is 0 Å². The summed E-state index contributed by atoms with van der Waals surface area (Å²) in [6, 6.07) is 3.03. The quantitative estimate of drug-likeness (QED) is 0.0993. The van der Waals surface area contributed by atoms with E-state index in [1.807, 2.05) is 4.90 Å². The molecule has 1 fully saturated rings. The Morgan fingerprint density at radius 3 is 1.66 bits per heavy atom. The van der Waals surface area contributed by atoms with Crippen LogP contribution < -0.4 is 4.73 Å². The van der Waals surface area contributed by atoms with E-state index in [-0.39, 0.29) is 26.2 Å². The number of ether oxygens (including phenoxy) is 1. The summed E-state index contributed by atoms with van der Waals surface area (Å²) in [5, 5.41) is 38.6. The molecule has 1 saturated heterocycles. The van der Waals surface area contributed by atoms with Crippen LogP contribution in [-0.2, 0) is 25.7 Å². The average molecular weight is 583 g/mol. The van der Waals surface area contributed by atoms with Crippen LogP contribution in [0.15, 0.2) is 18.3 Å². The highest BCUT2D eigenvalue weighted by Crippen LogP contribution is 2.09. The van der Waals surface area contributed by atoms with Gasteiger partial charge in [0.15, 0.2) is 0 Å². The molecule has 2 heterocycles. The van der Waals surface area contributed by atoms with Crippen molar-refractivity contribution in [2.45, 2.75) is 39.2 Å². The number of hydrogen-bond donors (Lipinski definition) is 4. The molecular weight excluding hydrogens is 538 g/mol. The van der Waals surface area contributed by atoms with Gasteiger partial charge in [-0.3, -0.25) is 39.2 Å². The number of unbranched alkanes of at least 4 members (excludes halogenated alkanes) is 3. The Bertz CT molecular complexity index is 977. The number of nitrogens with zero attached hydrogens (tertiary/aromatic N) is 5. The predicted molar refractivity (Wildman–Crippen MR) is 146 cm³/mol. The van der Waals surface area contributed by atoms with Crippen molar-refractivity contribution in [3.05, 3.63) is 29.6 Å². The third-order valence-electron chi connectivity index (χ3n) is 6.87. The predicted octanol–water partition coefficient (Wildman–Crippen LogP) is -0.0761. The maximum absolute atomic E-state index is 12.6. The van der Waals surface area contributed by atoms with Gasteiger partial charge in [0.05, 0.1) is 38.3 Å². The molecule has 0 aromatic carbocycles. The Kier molecular flexibility index (Phi) is 15.0. The number of carbonyl (C=O) groups excluding carboxylic acids is 1. The van der Waals surface area contributed by atoms with Crippen LogP contribution in [0.4, 0.5) is 0 Å². The van der Waals surface area contributed by atoms with Gasteiger partial charge in [-0.1, -0.05) is 26.2 Å². The highest BCUT2D eigenvalue weighted by molar-refractivity contribution is 5.89. The topological polar surface area (TPSA) is 175 Å². The summed E-state index contributed by atoms with van der Waals surface area (Å²) >= 11 is 0. The summed E-state index contributed by atoms with van der Waals surface area (Å²) in [5.41, 5.74) is 0.716. The lowest BCUT2D eigenvalue weighted by molar-refractivity contribution is -0.910. The highest BCUT2D eigenvalue weighted by atomic mass is 16.5. The van der Waals surface area contributed by atoms with E-state index in [2.05, 4.69) is 6.92 Å². The van der Waals surface area contributed by atoms with Crippen LogP contribution in [0.1, 0.15) is 48.7 Å². The second-order valence-electron chi connectivity index (χ2n) is 10.2. The number of hydrogen-bond acceptors (Lipinski definition) is 10. The molecule has 14 heteroatoms. The second kappa shape index (κ2) is 18.2. The fourth-order valence-corrected chi connectivity index (χ4v) is 4.58. The molecule has 1 aliphatic heterocycles. The third kappa shape index (κ3) is 13.7. The number of carboxylic acids is 3. The lowest BCUT2D eigenvalue weighted by atomic mass is 10.2. The number of rotatable bonds is 14. The maximum Gasteiger partial charge on any atom is 0.338 e. The second-order valence-corrected chi connectivity index (χ2v) is 10.2. The van der Waals surface area contributed by atoms with Gasteiger partial charge < -0.3 is 20.1 Å². The molecule has 1 aromatic rings. The first-order chi connectivity index (χ1) is 19.6. The molecule has 41 heavy (non-hydrogen) atoms. The van der Waals surface area contributed by atoms with Gasteiger partial charge in [0.2, 0.25) is 11.9 Å². The van der Waals surface area contributed by atoms with Crippen molar-refractivity contribution in [3.8, 4) is 0 Å². The minimum absolute atomic E-state index is 0.209. The van der Waals surface area contributed by atoms with Crippen molar-refractivity contribution < 1.29 is 49.2 Å². The zero-order chi connectivity index (χ0) is 30.2. The van der Waals surface area contributed by atoms with Crippen molar-refractivity contribution in [1.82, 2.24) is 19.6 Å². The van der Waals surface area contributed by atoms with E-state index < -0.39 is 23.9 Å². The molecule has 0 atom stereocenters. The van der Waals surface area contributed by atoms with Crippen LogP contribution in [0.5, 0.6) is 0 Å². The molecule has 4 N–H and O–H groups in total. The molecule has 1 aromatic heterocycles. The Morgan fingerprint density at radius 1 is 0.756 bits per heavy atom. The molecule has 14 nitrogen and oxygen atoms in total. The molecule has 0 aliphatic carbocycles. The number of aliphatic carboxylic acids is 3.